The molecule has 0 unspecified atom stereocenters. The quantitative estimate of drug-likeness (QED) is 0.373. The zero-order valence-electron chi connectivity index (χ0n) is 8.81. The third-order valence-electron chi connectivity index (χ3n) is 1.29. The summed E-state index contributed by atoms with van der Waals surface area (Å²) in [6.07, 6.45) is -2.29. The van der Waals surface area contributed by atoms with E-state index < -0.39 is 36.4 Å². The van der Waals surface area contributed by atoms with Crippen LogP contribution in [0.3, 0.4) is 0 Å². The molecule has 0 atom stereocenters. The second-order valence-corrected chi connectivity index (χ2v) is 2.48. The molecular weight excluding hydrogens is 262 g/mol. The predicted molar refractivity (Wildman–Crippen MR) is 38.2 cm³/mol. The molecule has 0 bridgehead atoms. The molecule has 0 amide bonds. The van der Waals surface area contributed by atoms with Crippen LogP contribution in [-0.4, -0.2) is 43.9 Å². The number of aliphatic hydroxyl groups is 1. The van der Waals surface area contributed by atoms with Crippen molar-refractivity contribution in [3.05, 3.63) is 0 Å². The van der Waals surface area contributed by atoms with Gasteiger partial charge in [-0.1, -0.05) is 0 Å². The number of carbonyl (C=O) groups is 3. The molecule has 0 spiro atoms. The van der Waals surface area contributed by atoms with Gasteiger partial charge in [-0.15, -0.1) is 0 Å². The van der Waals surface area contributed by atoms with Gasteiger partial charge in [0.15, 0.2) is 5.60 Å². The van der Waals surface area contributed by atoms with Crippen LogP contribution in [0.1, 0.15) is 14.3 Å². The summed E-state index contributed by atoms with van der Waals surface area (Å²) < 4.78 is 0. The van der Waals surface area contributed by atoms with Crippen molar-refractivity contribution >= 4 is 17.9 Å². The maximum Gasteiger partial charge on any atom is 1.00 e. The van der Waals surface area contributed by atoms with Crippen LogP contribution in [0.2, 0.25) is 0 Å². The van der Waals surface area contributed by atoms with Gasteiger partial charge in [0.05, 0.1) is 12.8 Å². The first kappa shape index (κ1) is 20.3. The molecule has 4 N–H and O–H groups in total. The third kappa shape index (κ3) is 7.78. The Kier molecular flexibility index (Phi) is 11.0. The van der Waals surface area contributed by atoms with E-state index in [4.69, 9.17) is 20.4 Å². The molecule has 9 heteroatoms. The fourth-order valence-electron chi connectivity index (χ4n) is 0.714. The van der Waals surface area contributed by atoms with Crippen LogP contribution in [0.5, 0.6) is 0 Å². The van der Waals surface area contributed by atoms with Crippen LogP contribution in [0, 0.1) is 0 Å². The Morgan fingerprint density at radius 1 is 1.00 bits per heavy atom. The minimum Gasteiger partial charge on any atom is -1.00 e. The summed E-state index contributed by atoms with van der Waals surface area (Å²) in [6.45, 7) is 0. The predicted octanol–water partition coefficient (Wildman–Crippen LogP) is -4.13. The second kappa shape index (κ2) is 8.09. The molecule has 0 aliphatic heterocycles. The number of hydrogen-bond donors (Lipinski definition) is 4. The second-order valence-electron chi connectivity index (χ2n) is 2.48. The van der Waals surface area contributed by atoms with Crippen LogP contribution in [-0.2, 0) is 31.5 Å². The summed E-state index contributed by atoms with van der Waals surface area (Å²) in [5.41, 5.74) is -2.74. The van der Waals surface area contributed by atoms with Gasteiger partial charge in [0, 0.05) is 17.1 Å². The Morgan fingerprint density at radius 3 is 1.40 bits per heavy atom. The normalized spacial score (nSPS) is 9.40. The molecule has 0 heterocycles. The minimum absolute atomic E-state index is 0. The van der Waals surface area contributed by atoms with Crippen LogP contribution >= 0.6 is 0 Å². The zero-order chi connectivity index (χ0) is 10.6. The Morgan fingerprint density at radius 2 is 1.27 bits per heavy atom. The van der Waals surface area contributed by atoms with Crippen LogP contribution in [0.15, 0.2) is 0 Å². The first-order valence-electron chi connectivity index (χ1n) is 3.17. The maximum absolute atomic E-state index is 10.3. The summed E-state index contributed by atoms with van der Waals surface area (Å²) in [5, 5.41) is 33.8. The summed E-state index contributed by atoms with van der Waals surface area (Å²) in [5.74, 6) is -5.02. The Balaban J connectivity index is -0.000000240. The molecule has 15 heavy (non-hydrogen) atoms. The van der Waals surface area contributed by atoms with Crippen LogP contribution in [0.25, 0.3) is 0 Å². The van der Waals surface area contributed by atoms with Crippen LogP contribution in [0.4, 0.5) is 0 Å². The van der Waals surface area contributed by atoms with Gasteiger partial charge >= 0.3 is 47.5 Å². The van der Waals surface area contributed by atoms with Gasteiger partial charge in [-0.25, -0.2) is 4.79 Å². The van der Waals surface area contributed by atoms with Crippen molar-refractivity contribution in [2.45, 2.75) is 18.4 Å². The molecule has 1 radical (unpaired) electrons. The molecule has 0 aromatic rings. The van der Waals surface area contributed by atoms with E-state index in [1.165, 1.54) is 0 Å². The van der Waals surface area contributed by atoms with Gasteiger partial charge in [0.1, 0.15) is 0 Å². The van der Waals surface area contributed by atoms with Gasteiger partial charge in [-0.2, -0.15) is 0 Å². The summed E-state index contributed by atoms with van der Waals surface area (Å²) >= 11 is 0. The third-order valence-corrected chi connectivity index (χ3v) is 1.29. The summed E-state index contributed by atoms with van der Waals surface area (Å²) in [7, 11) is 0. The molecule has 0 saturated carbocycles. The molecule has 0 saturated heterocycles. The van der Waals surface area contributed by atoms with Crippen molar-refractivity contribution in [3.63, 3.8) is 0 Å². The van der Waals surface area contributed by atoms with Crippen molar-refractivity contribution in [2.24, 2.45) is 0 Å². The van der Waals surface area contributed by atoms with E-state index in [2.05, 4.69) is 0 Å². The fraction of sp³-hybridized carbons (Fsp3) is 0.500. The molecule has 83 valence electrons. The van der Waals surface area contributed by atoms with E-state index in [0.29, 0.717) is 0 Å². The average molecular weight is 271 g/mol. The van der Waals surface area contributed by atoms with E-state index in [0.717, 1.165) is 0 Å². The number of carboxylic acids is 3. The standard InChI is InChI=1S/C6H8O7.Mn.Na.H/c7-3(8)1-6(13,5(11)12)2-4(9)10;;;/h13H,1-2H2,(H,7,8)(H,9,10)(H,11,12);;;/q;;+1;-1. The number of aliphatic carboxylic acids is 3. The average Bonchev–Trinajstić information content (AvgIpc) is 1.82. The Labute approximate surface area is 119 Å². The first-order chi connectivity index (χ1) is 5.78. The van der Waals surface area contributed by atoms with Gasteiger partial charge in [0.2, 0.25) is 0 Å². The topological polar surface area (TPSA) is 132 Å². The fourth-order valence-corrected chi connectivity index (χ4v) is 0.714. The van der Waals surface area contributed by atoms with Gasteiger partial charge in [-0.05, 0) is 0 Å². The van der Waals surface area contributed by atoms with Crippen molar-refractivity contribution in [1.29, 1.82) is 0 Å². The SMILES string of the molecule is O=C(O)CC(O)(CC(=O)O)C(=O)O.[H-].[Mn].[Na+]. The van der Waals surface area contributed by atoms with Crippen molar-refractivity contribution in [3.8, 4) is 0 Å². The van der Waals surface area contributed by atoms with Gasteiger partial charge in [-0.3, -0.25) is 9.59 Å². The van der Waals surface area contributed by atoms with Gasteiger partial charge < -0.3 is 21.9 Å². The number of hydrogen-bond acceptors (Lipinski definition) is 4. The minimum atomic E-state index is -2.74. The Bertz CT molecular complexity index is 243. The zero-order valence-corrected chi connectivity index (χ0v) is 11.0. The molecule has 7 nitrogen and oxygen atoms in total. The molecule has 0 aliphatic carbocycles. The van der Waals surface area contributed by atoms with Crippen molar-refractivity contribution in [2.75, 3.05) is 0 Å². The monoisotopic (exact) mass is 271 g/mol. The van der Waals surface area contributed by atoms with E-state index in [9.17, 15) is 14.4 Å². The van der Waals surface area contributed by atoms with E-state index >= 15 is 0 Å². The number of carboxylic acid groups (broad SMARTS) is 3. The Hall–Kier alpha value is -0.111. The summed E-state index contributed by atoms with van der Waals surface area (Å²) in [6, 6.07) is 0. The molecule has 0 aliphatic rings. The van der Waals surface area contributed by atoms with E-state index in [-0.39, 0.29) is 48.1 Å². The molecule has 0 rings (SSSR count). The van der Waals surface area contributed by atoms with E-state index in [1.807, 2.05) is 0 Å². The summed E-state index contributed by atoms with van der Waals surface area (Å²) in [4.78, 5) is 30.5. The van der Waals surface area contributed by atoms with Crippen molar-refractivity contribution < 1.29 is 82.9 Å². The van der Waals surface area contributed by atoms with Gasteiger partial charge in [0.25, 0.3) is 0 Å². The molecule has 0 aromatic carbocycles. The van der Waals surface area contributed by atoms with Crippen molar-refractivity contribution in [1.82, 2.24) is 0 Å². The number of rotatable bonds is 5. The maximum atomic E-state index is 10.3. The molecular formula is C6H9MnNaO7. The first-order valence-corrected chi connectivity index (χ1v) is 3.17. The molecule has 0 fully saturated rings. The smallest absolute Gasteiger partial charge is 1.00 e. The van der Waals surface area contributed by atoms with Crippen LogP contribution < -0.4 is 29.6 Å². The van der Waals surface area contributed by atoms with E-state index in [1.54, 1.807) is 0 Å². The molecule has 0 aromatic heterocycles. The largest absolute Gasteiger partial charge is 1.00 e.